The summed E-state index contributed by atoms with van der Waals surface area (Å²) in [5, 5.41) is 3.07. The lowest BCUT2D eigenvalue weighted by Crippen LogP contribution is -2.17. The maximum atomic E-state index is 12.2. The van der Waals surface area contributed by atoms with Gasteiger partial charge in [0.05, 0.1) is 0 Å². The highest BCUT2D eigenvalue weighted by atomic mass is 35.5. The molecule has 0 heterocycles. The zero-order valence-corrected chi connectivity index (χ0v) is 12.8. The van der Waals surface area contributed by atoms with E-state index in [2.05, 4.69) is 10.1 Å². The molecule has 0 saturated heterocycles. The van der Waals surface area contributed by atoms with Crippen molar-refractivity contribution in [2.75, 3.05) is 13.6 Å². The molecule has 0 aromatic heterocycles. The highest BCUT2D eigenvalue weighted by Gasteiger charge is 2.31. The zero-order valence-electron chi connectivity index (χ0n) is 12.0. The minimum absolute atomic E-state index is 0. The smallest absolute Gasteiger partial charge is 0.406 e. The number of hydrogen-bond donors (Lipinski definition) is 1. The van der Waals surface area contributed by atoms with Gasteiger partial charge in [0.25, 0.3) is 0 Å². The average molecular weight is 332 g/mol. The number of benzene rings is 2. The largest absolute Gasteiger partial charge is 0.573 e. The molecule has 0 unspecified atom stereocenters. The van der Waals surface area contributed by atoms with Crippen molar-refractivity contribution in [3.63, 3.8) is 0 Å². The summed E-state index contributed by atoms with van der Waals surface area (Å²) in [5.74, 6) is -0.208. The van der Waals surface area contributed by atoms with Gasteiger partial charge in [-0.15, -0.1) is 25.6 Å². The second-order valence-electron chi connectivity index (χ2n) is 4.63. The summed E-state index contributed by atoms with van der Waals surface area (Å²) < 4.78 is 40.7. The van der Waals surface area contributed by atoms with Crippen molar-refractivity contribution in [2.45, 2.75) is 12.8 Å². The Bertz CT molecular complexity index is 602. The van der Waals surface area contributed by atoms with Gasteiger partial charge in [0.2, 0.25) is 0 Å². The monoisotopic (exact) mass is 331 g/mol. The Hall–Kier alpha value is -1.72. The molecule has 2 aromatic carbocycles. The molecule has 0 fully saturated rings. The molecule has 2 rings (SSSR count). The molecule has 0 bridgehead atoms. The number of likely N-dealkylation sites (N-methyl/N-ethyl adjacent to an activating group) is 1. The number of alkyl halides is 3. The molecule has 0 saturated carbocycles. The summed E-state index contributed by atoms with van der Waals surface area (Å²) >= 11 is 0. The molecule has 0 spiro atoms. The van der Waals surface area contributed by atoms with E-state index < -0.39 is 6.36 Å². The topological polar surface area (TPSA) is 21.3 Å². The fourth-order valence-corrected chi connectivity index (χ4v) is 2.05. The standard InChI is InChI=1S/C16H16F3NO.ClH/c1-20-9-8-12-4-2-5-13(10-12)14-6-3-7-15(11-14)21-16(17,18)19;/h2-7,10-11,20H,8-9H2,1H3;1H. The van der Waals surface area contributed by atoms with Crippen LogP contribution in [-0.2, 0) is 6.42 Å². The molecule has 0 atom stereocenters. The zero-order chi connectivity index (χ0) is 15.3. The van der Waals surface area contributed by atoms with E-state index in [1.807, 2.05) is 31.3 Å². The van der Waals surface area contributed by atoms with Crippen LogP contribution in [0.25, 0.3) is 11.1 Å². The predicted octanol–water partition coefficient (Wildman–Crippen LogP) is 4.44. The van der Waals surface area contributed by atoms with Crippen LogP contribution in [0.2, 0.25) is 0 Å². The maximum absolute atomic E-state index is 12.2. The van der Waals surface area contributed by atoms with Crippen LogP contribution in [0.5, 0.6) is 5.75 Å². The summed E-state index contributed by atoms with van der Waals surface area (Å²) in [6.45, 7) is 0.848. The molecule has 22 heavy (non-hydrogen) atoms. The molecule has 0 aliphatic heterocycles. The van der Waals surface area contributed by atoms with Crippen molar-refractivity contribution in [1.29, 1.82) is 0 Å². The van der Waals surface area contributed by atoms with E-state index in [0.29, 0.717) is 5.56 Å². The first-order valence-corrected chi connectivity index (χ1v) is 6.58. The number of hydrogen-bond acceptors (Lipinski definition) is 2. The SMILES string of the molecule is CNCCc1cccc(-c2cccc(OC(F)(F)F)c2)c1.Cl. The van der Waals surface area contributed by atoms with Gasteiger partial charge in [-0.1, -0.05) is 36.4 Å². The minimum atomic E-state index is -4.67. The van der Waals surface area contributed by atoms with Crippen molar-refractivity contribution >= 4 is 12.4 Å². The first-order chi connectivity index (χ1) is 9.98. The van der Waals surface area contributed by atoms with Crippen LogP contribution in [0, 0.1) is 0 Å². The number of nitrogens with one attached hydrogen (secondary N) is 1. The molecule has 0 aliphatic carbocycles. The summed E-state index contributed by atoms with van der Waals surface area (Å²) in [6, 6.07) is 13.7. The van der Waals surface area contributed by atoms with E-state index in [9.17, 15) is 13.2 Å². The van der Waals surface area contributed by atoms with Crippen LogP contribution >= 0.6 is 12.4 Å². The molecule has 2 nitrogen and oxygen atoms in total. The predicted molar refractivity (Wildman–Crippen MR) is 83.4 cm³/mol. The van der Waals surface area contributed by atoms with E-state index in [1.165, 1.54) is 12.1 Å². The third kappa shape index (κ3) is 5.58. The first kappa shape index (κ1) is 18.3. The van der Waals surface area contributed by atoms with E-state index in [1.54, 1.807) is 12.1 Å². The lowest BCUT2D eigenvalue weighted by Gasteiger charge is -2.11. The van der Waals surface area contributed by atoms with E-state index in [4.69, 9.17) is 0 Å². The van der Waals surface area contributed by atoms with Gasteiger partial charge in [-0.3, -0.25) is 0 Å². The summed E-state index contributed by atoms with van der Waals surface area (Å²) in [7, 11) is 1.88. The van der Waals surface area contributed by atoms with Crippen molar-refractivity contribution < 1.29 is 17.9 Å². The molecule has 0 radical (unpaired) electrons. The second-order valence-corrected chi connectivity index (χ2v) is 4.63. The van der Waals surface area contributed by atoms with Gasteiger partial charge in [0, 0.05) is 0 Å². The number of halogens is 4. The molecular formula is C16H17ClF3NO. The Kier molecular flexibility index (Phi) is 6.71. The Morgan fingerprint density at radius 1 is 1.00 bits per heavy atom. The highest BCUT2D eigenvalue weighted by molar-refractivity contribution is 5.85. The number of rotatable bonds is 5. The van der Waals surface area contributed by atoms with Crippen LogP contribution in [-0.4, -0.2) is 20.0 Å². The van der Waals surface area contributed by atoms with Gasteiger partial charge in [0.15, 0.2) is 0 Å². The first-order valence-electron chi connectivity index (χ1n) is 6.58. The van der Waals surface area contributed by atoms with Gasteiger partial charge in [-0.25, -0.2) is 0 Å². The number of ether oxygens (including phenoxy) is 1. The van der Waals surface area contributed by atoms with Gasteiger partial charge < -0.3 is 10.1 Å². The minimum Gasteiger partial charge on any atom is -0.406 e. The van der Waals surface area contributed by atoms with Gasteiger partial charge in [0.1, 0.15) is 5.75 Å². The van der Waals surface area contributed by atoms with Crippen LogP contribution in [0.3, 0.4) is 0 Å². The molecule has 0 aliphatic rings. The molecule has 6 heteroatoms. The second kappa shape index (κ2) is 8.06. The maximum Gasteiger partial charge on any atom is 0.573 e. The Labute approximate surface area is 133 Å². The van der Waals surface area contributed by atoms with Crippen molar-refractivity contribution in [1.82, 2.24) is 5.32 Å². The van der Waals surface area contributed by atoms with Crippen LogP contribution in [0.4, 0.5) is 13.2 Å². The highest BCUT2D eigenvalue weighted by Crippen LogP contribution is 2.28. The lowest BCUT2D eigenvalue weighted by molar-refractivity contribution is -0.274. The van der Waals surface area contributed by atoms with Crippen molar-refractivity contribution in [3.05, 3.63) is 54.1 Å². The third-order valence-electron chi connectivity index (χ3n) is 2.99. The van der Waals surface area contributed by atoms with Crippen LogP contribution in [0.1, 0.15) is 5.56 Å². The Morgan fingerprint density at radius 2 is 1.64 bits per heavy atom. The molecule has 0 amide bonds. The molecular weight excluding hydrogens is 315 g/mol. The molecule has 1 N–H and O–H groups in total. The summed E-state index contributed by atoms with van der Waals surface area (Å²) in [5.41, 5.74) is 2.70. The van der Waals surface area contributed by atoms with Crippen LogP contribution < -0.4 is 10.1 Å². The third-order valence-corrected chi connectivity index (χ3v) is 2.99. The average Bonchev–Trinajstić information content (AvgIpc) is 2.44. The Balaban J connectivity index is 0.00000242. The fraction of sp³-hybridized carbons (Fsp3) is 0.250. The van der Waals surface area contributed by atoms with Gasteiger partial charge in [-0.05, 0) is 48.8 Å². The quantitative estimate of drug-likeness (QED) is 0.874. The van der Waals surface area contributed by atoms with E-state index >= 15 is 0 Å². The van der Waals surface area contributed by atoms with E-state index in [0.717, 1.165) is 24.1 Å². The van der Waals surface area contributed by atoms with Gasteiger partial charge in [-0.2, -0.15) is 0 Å². The van der Waals surface area contributed by atoms with Crippen molar-refractivity contribution in [2.24, 2.45) is 0 Å². The lowest BCUT2D eigenvalue weighted by atomic mass is 10.0. The van der Waals surface area contributed by atoms with E-state index in [-0.39, 0.29) is 18.2 Å². The van der Waals surface area contributed by atoms with Crippen LogP contribution in [0.15, 0.2) is 48.5 Å². The molecule has 120 valence electrons. The van der Waals surface area contributed by atoms with Crippen molar-refractivity contribution in [3.8, 4) is 16.9 Å². The normalized spacial score (nSPS) is 10.9. The fourth-order valence-electron chi connectivity index (χ4n) is 2.05. The Morgan fingerprint density at radius 3 is 2.27 bits per heavy atom. The van der Waals surface area contributed by atoms with Gasteiger partial charge >= 0.3 is 6.36 Å². The summed E-state index contributed by atoms with van der Waals surface area (Å²) in [4.78, 5) is 0. The summed E-state index contributed by atoms with van der Waals surface area (Å²) in [6.07, 6.45) is -3.81. The molecule has 2 aromatic rings.